The molecule has 2 saturated carbocycles. The van der Waals surface area contributed by atoms with Gasteiger partial charge in [0.2, 0.25) is 0 Å². The van der Waals surface area contributed by atoms with Crippen LogP contribution in [0.15, 0.2) is 35.1 Å². The van der Waals surface area contributed by atoms with E-state index < -0.39 is 0 Å². The van der Waals surface area contributed by atoms with Gasteiger partial charge in [-0.2, -0.15) is 0 Å². The summed E-state index contributed by atoms with van der Waals surface area (Å²) in [6.45, 7) is 11.4. The van der Waals surface area contributed by atoms with Crippen LogP contribution in [0.4, 0.5) is 0 Å². The zero-order chi connectivity index (χ0) is 21.0. The van der Waals surface area contributed by atoms with E-state index in [-0.39, 0.29) is 6.10 Å². The number of hydrogen-bond donors (Lipinski definition) is 0. The Morgan fingerprint density at radius 2 is 2.03 bits per heavy atom. The molecule has 1 aromatic rings. The van der Waals surface area contributed by atoms with Crippen molar-refractivity contribution >= 4 is 11.5 Å². The minimum absolute atomic E-state index is 0.0279. The SMILES string of the molecule is CCc1ccc(C2C(C)C2COC(C)/C(=C\N=C(C)C)C2CCC(=O)CC2)nc1. The van der Waals surface area contributed by atoms with Gasteiger partial charge in [0.25, 0.3) is 0 Å². The first-order valence-corrected chi connectivity index (χ1v) is 11.2. The second-order valence-corrected chi connectivity index (χ2v) is 8.99. The molecule has 4 heteroatoms. The zero-order valence-corrected chi connectivity index (χ0v) is 18.6. The number of carbonyl (C=O) groups is 1. The van der Waals surface area contributed by atoms with E-state index in [1.165, 1.54) is 16.8 Å². The van der Waals surface area contributed by atoms with Gasteiger partial charge in [-0.3, -0.25) is 14.8 Å². The lowest BCUT2D eigenvalue weighted by atomic mass is 9.81. The molecule has 2 aliphatic rings. The molecule has 0 aliphatic heterocycles. The maximum absolute atomic E-state index is 11.7. The molecule has 0 aromatic carbocycles. The van der Waals surface area contributed by atoms with Crippen molar-refractivity contribution in [3.05, 3.63) is 41.4 Å². The highest BCUT2D eigenvalue weighted by molar-refractivity contribution is 5.80. The van der Waals surface area contributed by atoms with Crippen LogP contribution in [0.3, 0.4) is 0 Å². The first kappa shape index (κ1) is 21.9. The number of carbonyl (C=O) groups excluding carboxylic acids is 1. The molecule has 0 spiro atoms. The van der Waals surface area contributed by atoms with Gasteiger partial charge >= 0.3 is 0 Å². The fraction of sp³-hybridized carbons (Fsp3) is 0.640. The molecule has 0 bridgehead atoms. The number of nitrogens with zero attached hydrogens (tertiary/aromatic N) is 2. The number of aromatic nitrogens is 1. The van der Waals surface area contributed by atoms with Crippen LogP contribution < -0.4 is 0 Å². The molecule has 2 fully saturated rings. The third-order valence-corrected chi connectivity index (χ3v) is 6.65. The summed E-state index contributed by atoms with van der Waals surface area (Å²) < 4.78 is 6.36. The van der Waals surface area contributed by atoms with Gasteiger partial charge in [-0.15, -0.1) is 0 Å². The number of ether oxygens (including phenoxy) is 1. The summed E-state index contributed by atoms with van der Waals surface area (Å²) >= 11 is 0. The Bertz CT molecular complexity index is 752. The molecule has 158 valence electrons. The fourth-order valence-electron chi connectivity index (χ4n) is 4.50. The second-order valence-electron chi connectivity index (χ2n) is 8.99. The van der Waals surface area contributed by atoms with Crippen LogP contribution in [-0.2, 0) is 16.0 Å². The van der Waals surface area contributed by atoms with Crippen molar-refractivity contribution in [1.29, 1.82) is 0 Å². The van der Waals surface area contributed by atoms with Crippen molar-refractivity contribution in [1.82, 2.24) is 4.98 Å². The predicted octanol–water partition coefficient (Wildman–Crippen LogP) is 5.52. The number of rotatable bonds is 8. The highest BCUT2D eigenvalue weighted by Crippen LogP contribution is 2.53. The lowest BCUT2D eigenvalue weighted by Gasteiger charge is -2.27. The summed E-state index contributed by atoms with van der Waals surface area (Å²) in [5.74, 6) is 2.44. The van der Waals surface area contributed by atoms with Gasteiger partial charge in [0.15, 0.2) is 0 Å². The van der Waals surface area contributed by atoms with Crippen LogP contribution in [0.1, 0.15) is 77.5 Å². The largest absolute Gasteiger partial charge is 0.374 e. The van der Waals surface area contributed by atoms with Gasteiger partial charge in [0.05, 0.1) is 12.7 Å². The normalized spacial score (nSPS) is 26.3. The van der Waals surface area contributed by atoms with E-state index in [0.717, 1.165) is 31.6 Å². The van der Waals surface area contributed by atoms with E-state index >= 15 is 0 Å². The lowest BCUT2D eigenvalue weighted by molar-refractivity contribution is -0.120. The average Bonchev–Trinajstić information content (AvgIpc) is 3.37. The molecule has 0 radical (unpaired) electrons. The molecule has 0 N–H and O–H groups in total. The molecular formula is C25H36N2O2. The van der Waals surface area contributed by atoms with Crippen LogP contribution in [0.5, 0.6) is 0 Å². The Morgan fingerprint density at radius 3 is 2.62 bits per heavy atom. The van der Waals surface area contributed by atoms with Crippen LogP contribution >= 0.6 is 0 Å². The number of hydrogen-bond acceptors (Lipinski definition) is 4. The molecule has 4 atom stereocenters. The summed E-state index contributed by atoms with van der Waals surface area (Å²) in [5.41, 5.74) is 4.77. The zero-order valence-electron chi connectivity index (χ0n) is 18.6. The van der Waals surface area contributed by atoms with Gasteiger partial charge in [0, 0.05) is 42.6 Å². The standard InChI is InChI=1S/C25H36N2O2/c1-6-19-7-12-24(27-13-19)25-17(4)23(25)15-29-18(5)22(14-26-16(2)3)20-8-10-21(28)11-9-20/h7,12-14,17-18,20,23,25H,6,8-11,15H2,1-5H3/b22-14+. The van der Waals surface area contributed by atoms with E-state index in [2.05, 4.69) is 42.9 Å². The van der Waals surface area contributed by atoms with Gasteiger partial charge in [-0.1, -0.05) is 19.9 Å². The van der Waals surface area contributed by atoms with E-state index in [9.17, 15) is 4.79 Å². The molecule has 4 nitrogen and oxygen atoms in total. The molecular weight excluding hydrogens is 360 g/mol. The monoisotopic (exact) mass is 396 g/mol. The first-order chi connectivity index (χ1) is 13.9. The summed E-state index contributed by atoms with van der Waals surface area (Å²) in [6.07, 6.45) is 8.28. The quantitative estimate of drug-likeness (QED) is 0.543. The summed E-state index contributed by atoms with van der Waals surface area (Å²) in [5, 5.41) is 0. The Balaban J connectivity index is 1.60. The summed E-state index contributed by atoms with van der Waals surface area (Å²) in [7, 11) is 0. The Hall–Kier alpha value is -1.81. The topological polar surface area (TPSA) is 51.5 Å². The van der Waals surface area contributed by atoms with Crippen molar-refractivity contribution in [3.8, 4) is 0 Å². The minimum atomic E-state index is 0.0279. The molecule has 2 aliphatic carbocycles. The molecule has 4 unspecified atom stereocenters. The average molecular weight is 397 g/mol. The van der Waals surface area contributed by atoms with Crippen molar-refractivity contribution < 1.29 is 9.53 Å². The predicted molar refractivity (Wildman–Crippen MR) is 118 cm³/mol. The highest BCUT2D eigenvalue weighted by atomic mass is 16.5. The van der Waals surface area contributed by atoms with Gasteiger partial charge < -0.3 is 4.74 Å². The second kappa shape index (κ2) is 9.80. The smallest absolute Gasteiger partial charge is 0.132 e. The molecule has 29 heavy (non-hydrogen) atoms. The Labute approximate surface area is 175 Å². The van der Waals surface area contributed by atoms with Crippen LogP contribution in [0.25, 0.3) is 0 Å². The van der Waals surface area contributed by atoms with Crippen molar-refractivity contribution in [2.24, 2.45) is 22.7 Å². The molecule has 3 rings (SSSR count). The molecule has 1 heterocycles. The third-order valence-electron chi connectivity index (χ3n) is 6.65. The molecule has 0 saturated heterocycles. The van der Waals surface area contributed by atoms with Crippen molar-refractivity contribution in [2.75, 3.05) is 6.61 Å². The third kappa shape index (κ3) is 5.63. The van der Waals surface area contributed by atoms with E-state index in [1.807, 2.05) is 26.2 Å². The summed E-state index contributed by atoms with van der Waals surface area (Å²) in [4.78, 5) is 20.9. The molecule has 1 aromatic heterocycles. The number of pyridine rings is 1. The first-order valence-electron chi connectivity index (χ1n) is 11.2. The van der Waals surface area contributed by atoms with Crippen molar-refractivity contribution in [3.63, 3.8) is 0 Å². The Kier molecular flexibility index (Phi) is 7.39. The van der Waals surface area contributed by atoms with Crippen molar-refractivity contribution in [2.45, 2.75) is 78.7 Å². The van der Waals surface area contributed by atoms with Crippen LogP contribution in [-0.4, -0.2) is 29.2 Å². The van der Waals surface area contributed by atoms with Crippen LogP contribution in [0, 0.1) is 17.8 Å². The maximum Gasteiger partial charge on any atom is 0.132 e. The fourth-order valence-corrected chi connectivity index (χ4v) is 4.50. The molecule has 0 amide bonds. The maximum atomic E-state index is 11.7. The number of Topliss-reactive ketones (excluding diaryl/α,β-unsaturated/α-hetero) is 1. The van der Waals surface area contributed by atoms with E-state index in [1.54, 1.807) is 0 Å². The minimum Gasteiger partial charge on any atom is -0.374 e. The van der Waals surface area contributed by atoms with Gasteiger partial charge in [-0.05, 0) is 75.0 Å². The van der Waals surface area contributed by atoms with Gasteiger partial charge in [-0.25, -0.2) is 0 Å². The number of aliphatic imine (C=N–C) groups is 1. The number of ketones is 1. The van der Waals surface area contributed by atoms with E-state index in [4.69, 9.17) is 4.74 Å². The van der Waals surface area contributed by atoms with Crippen LogP contribution in [0.2, 0.25) is 0 Å². The Morgan fingerprint density at radius 1 is 1.31 bits per heavy atom. The van der Waals surface area contributed by atoms with Gasteiger partial charge in [0.1, 0.15) is 5.78 Å². The highest BCUT2D eigenvalue weighted by Gasteiger charge is 2.48. The number of aryl methyl sites for hydroxylation is 1. The van der Waals surface area contributed by atoms with E-state index in [0.29, 0.717) is 42.3 Å². The summed E-state index contributed by atoms with van der Waals surface area (Å²) in [6, 6.07) is 4.39. The lowest BCUT2D eigenvalue weighted by Crippen LogP contribution is -2.24.